The van der Waals surface area contributed by atoms with Crippen LogP contribution in [-0.2, 0) is 6.61 Å². The van der Waals surface area contributed by atoms with Crippen LogP contribution in [0.1, 0.15) is 5.56 Å². The molecule has 100 valence electrons. The van der Waals surface area contributed by atoms with Crippen molar-refractivity contribution in [3.8, 4) is 17.4 Å². The Labute approximate surface area is 115 Å². The standard InChI is InChI=1S/C14H12N4O2/c19-9-11-8-15-7-6-13(11)20-14-16-10-18(17-14)12-4-2-1-3-5-12/h1-8,10,19H,9H2. The van der Waals surface area contributed by atoms with E-state index in [1.165, 1.54) is 0 Å². The lowest BCUT2D eigenvalue weighted by Crippen LogP contribution is -1.96. The van der Waals surface area contributed by atoms with Crippen molar-refractivity contribution in [1.29, 1.82) is 0 Å². The number of rotatable bonds is 4. The van der Waals surface area contributed by atoms with Gasteiger partial charge in [0.15, 0.2) is 0 Å². The monoisotopic (exact) mass is 268 g/mol. The molecule has 0 bridgehead atoms. The molecular weight excluding hydrogens is 256 g/mol. The number of hydrogen-bond donors (Lipinski definition) is 1. The Hall–Kier alpha value is -2.73. The Balaban J connectivity index is 1.84. The van der Waals surface area contributed by atoms with Gasteiger partial charge in [0.25, 0.3) is 0 Å². The first-order valence-corrected chi connectivity index (χ1v) is 6.05. The summed E-state index contributed by atoms with van der Waals surface area (Å²) in [4.78, 5) is 8.02. The average Bonchev–Trinajstić information content (AvgIpc) is 2.97. The van der Waals surface area contributed by atoms with Gasteiger partial charge in [-0.25, -0.2) is 4.68 Å². The number of hydrogen-bond acceptors (Lipinski definition) is 5. The topological polar surface area (TPSA) is 73.1 Å². The van der Waals surface area contributed by atoms with Crippen molar-refractivity contribution in [2.75, 3.05) is 0 Å². The van der Waals surface area contributed by atoms with Gasteiger partial charge in [-0.1, -0.05) is 18.2 Å². The highest BCUT2D eigenvalue weighted by atomic mass is 16.5. The van der Waals surface area contributed by atoms with E-state index in [0.717, 1.165) is 5.69 Å². The normalized spacial score (nSPS) is 10.4. The summed E-state index contributed by atoms with van der Waals surface area (Å²) in [6.07, 6.45) is 4.71. The number of benzene rings is 1. The highest BCUT2D eigenvalue weighted by Gasteiger charge is 2.08. The van der Waals surface area contributed by atoms with Gasteiger partial charge >= 0.3 is 6.01 Å². The van der Waals surface area contributed by atoms with Crippen molar-refractivity contribution in [3.63, 3.8) is 0 Å². The number of aromatic nitrogens is 4. The molecule has 2 heterocycles. The second-order valence-corrected chi connectivity index (χ2v) is 4.05. The predicted octanol–water partition coefficient (Wildman–Crippen LogP) is 1.95. The van der Waals surface area contributed by atoms with Gasteiger partial charge in [-0.2, -0.15) is 4.98 Å². The van der Waals surface area contributed by atoms with Crippen LogP contribution in [0.3, 0.4) is 0 Å². The maximum absolute atomic E-state index is 9.21. The van der Waals surface area contributed by atoms with Crippen molar-refractivity contribution in [2.45, 2.75) is 6.61 Å². The minimum atomic E-state index is -0.150. The van der Waals surface area contributed by atoms with Crippen molar-refractivity contribution in [3.05, 3.63) is 60.7 Å². The summed E-state index contributed by atoms with van der Waals surface area (Å²) in [6, 6.07) is 11.5. The SMILES string of the molecule is OCc1cnccc1Oc1ncn(-c2ccccc2)n1. The predicted molar refractivity (Wildman–Crippen MR) is 71.6 cm³/mol. The summed E-state index contributed by atoms with van der Waals surface area (Å²) in [7, 11) is 0. The highest BCUT2D eigenvalue weighted by molar-refractivity contribution is 5.32. The maximum Gasteiger partial charge on any atom is 0.341 e. The van der Waals surface area contributed by atoms with Crippen LogP contribution in [0.4, 0.5) is 0 Å². The molecule has 3 rings (SSSR count). The molecule has 0 amide bonds. The van der Waals surface area contributed by atoms with Crippen LogP contribution in [0.15, 0.2) is 55.1 Å². The largest absolute Gasteiger partial charge is 0.423 e. The third-order valence-corrected chi connectivity index (χ3v) is 2.72. The highest BCUT2D eigenvalue weighted by Crippen LogP contribution is 2.22. The number of ether oxygens (including phenoxy) is 1. The first kappa shape index (κ1) is 12.3. The molecule has 0 fully saturated rings. The molecule has 0 saturated heterocycles. The second kappa shape index (κ2) is 5.50. The fraction of sp³-hybridized carbons (Fsp3) is 0.0714. The van der Waals surface area contributed by atoms with Gasteiger partial charge in [-0.3, -0.25) is 4.98 Å². The van der Waals surface area contributed by atoms with Crippen molar-refractivity contribution in [2.24, 2.45) is 0 Å². The molecule has 6 heteroatoms. The zero-order valence-electron chi connectivity index (χ0n) is 10.5. The van der Waals surface area contributed by atoms with E-state index < -0.39 is 0 Å². The molecule has 1 N–H and O–H groups in total. The molecule has 20 heavy (non-hydrogen) atoms. The first-order chi connectivity index (χ1) is 9.86. The van der Waals surface area contributed by atoms with Gasteiger partial charge in [0.1, 0.15) is 12.1 Å². The molecule has 3 aromatic rings. The molecule has 6 nitrogen and oxygen atoms in total. The zero-order chi connectivity index (χ0) is 13.8. The Morgan fingerprint density at radius 1 is 1.15 bits per heavy atom. The van der Waals surface area contributed by atoms with Crippen molar-refractivity contribution in [1.82, 2.24) is 19.7 Å². The van der Waals surface area contributed by atoms with Gasteiger partial charge in [-0.05, 0) is 18.2 Å². The van der Waals surface area contributed by atoms with Gasteiger partial charge < -0.3 is 9.84 Å². The average molecular weight is 268 g/mol. The summed E-state index contributed by atoms with van der Waals surface area (Å²) < 4.78 is 7.18. The molecular formula is C14H12N4O2. The molecule has 0 saturated carbocycles. The van der Waals surface area contributed by atoms with Crippen LogP contribution < -0.4 is 4.74 Å². The second-order valence-electron chi connectivity index (χ2n) is 4.05. The van der Waals surface area contributed by atoms with E-state index in [9.17, 15) is 5.11 Å². The third-order valence-electron chi connectivity index (χ3n) is 2.72. The fourth-order valence-corrected chi connectivity index (χ4v) is 1.73. The molecule has 0 aliphatic rings. The molecule has 0 radical (unpaired) electrons. The Kier molecular flexibility index (Phi) is 3.38. The van der Waals surface area contributed by atoms with Crippen LogP contribution in [-0.4, -0.2) is 24.9 Å². The van der Waals surface area contributed by atoms with E-state index in [-0.39, 0.29) is 12.6 Å². The van der Waals surface area contributed by atoms with Crippen molar-refractivity contribution < 1.29 is 9.84 Å². The molecule has 2 aromatic heterocycles. The molecule has 0 aliphatic carbocycles. The molecule has 1 aromatic carbocycles. The minimum absolute atomic E-state index is 0.150. The lowest BCUT2D eigenvalue weighted by Gasteiger charge is -2.05. The van der Waals surface area contributed by atoms with Crippen LogP contribution in [0.5, 0.6) is 11.8 Å². The molecule has 0 atom stereocenters. The Bertz CT molecular complexity index is 697. The smallest absolute Gasteiger partial charge is 0.341 e. The number of aliphatic hydroxyl groups is 1. The van der Waals surface area contributed by atoms with E-state index in [0.29, 0.717) is 11.3 Å². The fourth-order valence-electron chi connectivity index (χ4n) is 1.73. The number of para-hydroxylation sites is 1. The lowest BCUT2D eigenvalue weighted by molar-refractivity contribution is 0.275. The Morgan fingerprint density at radius 3 is 2.80 bits per heavy atom. The summed E-state index contributed by atoms with van der Waals surface area (Å²) in [6.45, 7) is -0.150. The summed E-state index contributed by atoms with van der Waals surface area (Å²) in [5, 5.41) is 13.4. The van der Waals surface area contributed by atoms with Crippen LogP contribution in [0.2, 0.25) is 0 Å². The first-order valence-electron chi connectivity index (χ1n) is 6.05. The number of pyridine rings is 1. The van der Waals surface area contributed by atoms with E-state index in [1.807, 2.05) is 30.3 Å². The number of nitrogens with zero attached hydrogens (tertiary/aromatic N) is 4. The van der Waals surface area contributed by atoms with Gasteiger partial charge in [-0.15, -0.1) is 5.10 Å². The lowest BCUT2D eigenvalue weighted by atomic mass is 10.3. The summed E-state index contributed by atoms with van der Waals surface area (Å²) >= 11 is 0. The zero-order valence-corrected chi connectivity index (χ0v) is 10.5. The van der Waals surface area contributed by atoms with E-state index in [2.05, 4.69) is 15.1 Å². The molecule has 0 spiro atoms. The summed E-state index contributed by atoms with van der Waals surface area (Å²) in [5.74, 6) is 0.494. The molecule has 0 unspecified atom stereocenters. The number of aliphatic hydroxyl groups excluding tert-OH is 1. The maximum atomic E-state index is 9.21. The van der Waals surface area contributed by atoms with Crippen LogP contribution in [0.25, 0.3) is 5.69 Å². The van der Waals surface area contributed by atoms with Crippen LogP contribution in [0, 0.1) is 0 Å². The molecule has 0 aliphatic heterocycles. The van der Waals surface area contributed by atoms with Gasteiger partial charge in [0.2, 0.25) is 0 Å². The summed E-state index contributed by atoms with van der Waals surface area (Å²) in [5.41, 5.74) is 1.48. The Morgan fingerprint density at radius 2 is 2.00 bits per heavy atom. The minimum Gasteiger partial charge on any atom is -0.423 e. The third kappa shape index (κ3) is 2.50. The van der Waals surface area contributed by atoms with Gasteiger partial charge in [0, 0.05) is 18.0 Å². The van der Waals surface area contributed by atoms with Crippen LogP contribution >= 0.6 is 0 Å². The van der Waals surface area contributed by atoms with Crippen molar-refractivity contribution >= 4 is 0 Å². The van der Waals surface area contributed by atoms with E-state index in [1.54, 1.807) is 29.5 Å². The van der Waals surface area contributed by atoms with E-state index in [4.69, 9.17) is 4.74 Å². The van der Waals surface area contributed by atoms with Gasteiger partial charge in [0.05, 0.1) is 12.3 Å². The quantitative estimate of drug-likeness (QED) is 0.783. The van der Waals surface area contributed by atoms with E-state index >= 15 is 0 Å².